The molecule has 0 saturated heterocycles. The van der Waals surface area contributed by atoms with E-state index in [4.69, 9.17) is 14.2 Å². The van der Waals surface area contributed by atoms with Gasteiger partial charge in [0.15, 0.2) is 0 Å². The number of nitrogens with zero attached hydrogens (tertiary/aromatic N) is 3. The average molecular weight is 648 g/mol. The lowest BCUT2D eigenvalue weighted by Crippen LogP contribution is -2.43. The Morgan fingerprint density at radius 2 is 1.18 bits per heavy atom. The van der Waals surface area contributed by atoms with Crippen LogP contribution in [0, 0.1) is 16.7 Å². The van der Waals surface area contributed by atoms with Gasteiger partial charge < -0.3 is 23.8 Å². The second-order valence-corrected chi connectivity index (χ2v) is 14.8. The molecule has 45 heavy (non-hydrogen) atoms. The summed E-state index contributed by atoms with van der Waals surface area (Å²) >= 11 is 0. The lowest BCUT2D eigenvalue weighted by atomic mass is 9.97. The Morgan fingerprint density at radius 1 is 0.689 bits per heavy atom. The lowest BCUT2D eigenvalue weighted by Gasteiger charge is -2.29. The van der Waals surface area contributed by atoms with E-state index >= 15 is 0 Å². The predicted octanol–water partition coefficient (Wildman–Crippen LogP) is 6.12. The highest BCUT2D eigenvalue weighted by Crippen LogP contribution is 2.16. The highest BCUT2D eigenvalue weighted by molar-refractivity contribution is 5.75. The maximum atomic E-state index is 12.2. The summed E-state index contributed by atoms with van der Waals surface area (Å²) in [6, 6.07) is 0. The molecule has 0 aliphatic rings. The molecular formula is C35H73N3O7. The third kappa shape index (κ3) is 30.7. The molecule has 0 heterocycles. The third-order valence-electron chi connectivity index (χ3n) is 6.37. The van der Waals surface area contributed by atoms with Gasteiger partial charge in [0, 0.05) is 39.8 Å². The van der Waals surface area contributed by atoms with E-state index in [9.17, 15) is 14.4 Å². The summed E-state index contributed by atoms with van der Waals surface area (Å²) in [5.74, 6) is 0.0380. The first kappa shape index (κ1) is 47.7. The normalized spacial score (nSPS) is 12.6. The number of esters is 3. The van der Waals surface area contributed by atoms with E-state index in [1.165, 1.54) is 7.11 Å². The zero-order chi connectivity index (χ0) is 35.9. The molecule has 1 atom stereocenters. The van der Waals surface area contributed by atoms with Gasteiger partial charge in [-0.3, -0.25) is 24.2 Å². The summed E-state index contributed by atoms with van der Waals surface area (Å²) in [4.78, 5) is 40.9. The fourth-order valence-corrected chi connectivity index (χ4v) is 3.51. The van der Waals surface area contributed by atoms with E-state index in [0.717, 1.165) is 58.5 Å². The average Bonchev–Trinajstić information content (AvgIpc) is 2.91. The van der Waals surface area contributed by atoms with Crippen molar-refractivity contribution < 1.29 is 33.3 Å². The number of carbonyl (C=O) groups excluding carboxylic acids is 3. The molecule has 0 amide bonds. The number of likely N-dealkylation sites (N-methyl/N-ethyl adjacent to an activating group) is 1. The molecule has 0 fully saturated rings. The van der Waals surface area contributed by atoms with Crippen LogP contribution >= 0.6 is 0 Å². The molecule has 0 bridgehead atoms. The Kier molecular flexibility index (Phi) is 26.8. The summed E-state index contributed by atoms with van der Waals surface area (Å²) in [6.45, 7) is 32.4. The van der Waals surface area contributed by atoms with Gasteiger partial charge in [0.2, 0.25) is 0 Å². The number of carbonyl (C=O) groups is 3. The molecule has 1 unspecified atom stereocenters. The number of rotatable bonds is 17. The van der Waals surface area contributed by atoms with Gasteiger partial charge in [-0.1, -0.05) is 34.1 Å². The topological polar surface area (TPSA) is 97.8 Å². The molecule has 0 saturated carbocycles. The Morgan fingerprint density at radius 3 is 1.56 bits per heavy atom. The maximum absolute atomic E-state index is 12.2. The van der Waals surface area contributed by atoms with Crippen LogP contribution in [0.1, 0.15) is 109 Å². The number of methoxy groups -OCH3 is 2. The molecule has 0 aliphatic heterocycles. The van der Waals surface area contributed by atoms with Crippen LogP contribution in [0.15, 0.2) is 0 Å². The minimum Gasteiger partial charge on any atom is -0.469 e. The second-order valence-electron chi connectivity index (χ2n) is 14.8. The summed E-state index contributed by atoms with van der Waals surface area (Å²) in [5, 5.41) is 0. The molecule has 0 spiro atoms. The van der Waals surface area contributed by atoms with Crippen LogP contribution in [-0.4, -0.2) is 119 Å². The molecule has 0 rings (SSSR count). The first-order valence-electron chi connectivity index (χ1n) is 16.7. The van der Waals surface area contributed by atoms with Crippen molar-refractivity contribution in [1.29, 1.82) is 0 Å². The van der Waals surface area contributed by atoms with Gasteiger partial charge in [-0.05, 0) is 94.7 Å². The molecule has 0 aliphatic carbocycles. The minimum atomic E-state index is -0.438. The van der Waals surface area contributed by atoms with Gasteiger partial charge in [-0.15, -0.1) is 0 Å². The lowest BCUT2D eigenvalue weighted by molar-refractivity contribution is -0.156. The standard InChI is InChI=1S/C19H41N3O3.C10H20O2.C6H12O2/c1-8-10-20(6)12-13-21(16-18(23)25-19(3,4)5)14-15-22(11-9-2)17-24-7;1-6-8(2)7-12-9(11)10(3,4)5;1-6(2,3)5(7)8-4/h8-17H2,1-7H3;8H,6-7H2,1-5H3;1-4H3. The number of hydrogen-bond acceptors (Lipinski definition) is 10. The van der Waals surface area contributed by atoms with E-state index in [1.54, 1.807) is 7.11 Å². The van der Waals surface area contributed by atoms with Crippen molar-refractivity contribution >= 4 is 17.9 Å². The summed E-state index contributed by atoms with van der Waals surface area (Å²) in [7, 11) is 5.25. The molecule has 0 aromatic heterocycles. The molecule has 0 aromatic carbocycles. The Hall–Kier alpha value is -1.75. The highest BCUT2D eigenvalue weighted by Gasteiger charge is 2.23. The summed E-state index contributed by atoms with van der Waals surface area (Å²) in [5.41, 5.74) is -1.16. The van der Waals surface area contributed by atoms with Crippen LogP contribution < -0.4 is 0 Å². The fourth-order valence-electron chi connectivity index (χ4n) is 3.51. The van der Waals surface area contributed by atoms with Crippen molar-refractivity contribution in [3.05, 3.63) is 0 Å². The van der Waals surface area contributed by atoms with Crippen molar-refractivity contribution in [2.45, 2.75) is 115 Å². The number of hydrogen-bond donors (Lipinski definition) is 0. The molecule has 270 valence electrons. The van der Waals surface area contributed by atoms with Crippen molar-refractivity contribution in [1.82, 2.24) is 14.7 Å². The van der Waals surface area contributed by atoms with E-state index in [-0.39, 0.29) is 28.7 Å². The van der Waals surface area contributed by atoms with Crippen molar-refractivity contribution in [3.8, 4) is 0 Å². The van der Waals surface area contributed by atoms with E-state index in [1.807, 2.05) is 62.3 Å². The van der Waals surface area contributed by atoms with Crippen LogP contribution in [0.5, 0.6) is 0 Å². The monoisotopic (exact) mass is 648 g/mol. The van der Waals surface area contributed by atoms with Gasteiger partial charge in [0.1, 0.15) is 5.60 Å². The zero-order valence-electron chi connectivity index (χ0n) is 32.3. The van der Waals surface area contributed by atoms with Crippen LogP contribution in [0.2, 0.25) is 0 Å². The van der Waals surface area contributed by atoms with Crippen LogP contribution in [0.4, 0.5) is 0 Å². The first-order valence-corrected chi connectivity index (χ1v) is 16.7. The smallest absolute Gasteiger partial charge is 0.320 e. The third-order valence-corrected chi connectivity index (χ3v) is 6.37. The molecule has 10 heteroatoms. The molecule has 0 aromatic rings. The van der Waals surface area contributed by atoms with Gasteiger partial charge in [-0.2, -0.15) is 0 Å². The SMILES string of the molecule is CCC(C)COC(=O)C(C)(C)C.CCCN(C)CCN(CCN(CCC)COC)CC(=O)OC(C)(C)C.COC(=O)C(C)(C)C. The largest absolute Gasteiger partial charge is 0.469 e. The van der Waals surface area contributed by atoms with Crippen LogP contribution in [0.25, 0.3) is 0 Å². The Bertz CT molecular complexity index is 765. The summed E-state index contributed by atoms with van der Waals surface area (Å²) < 4.78 is 20.4. The van der Waals surface area contributed by atoms with Gasteiger partial charge in [0.25, 0.3) is 0 Å². The summed E-state index contributed by atoms with van der Waals surface area (Å²) in [6.07, 6.45) is 3.28. The van der Waals surface area contributed by atoms with Crippen molar-refractivity contribution in [2.24, 2.45) is 16.7 Å². The maximum Gasteiger partial charge on any atom is 0.320 e. The van der Waals surface area contributed by atoms with E-state index < -0.39 is 5.60 Å². The van der Waals surface area contributed by atoms with Gasteiger partial charge in [-0.25, -0.2) is 0 Å². The first-order chi connectivity index (χ1) is 20.6. The second kappa shape index (κ2) is 25.4. The van der Waals surface area contributed by atoms with Crippen molar-refractivity contribution in [2.75, 3.05) is 80.4 Å². The molecule has 0 N–H and O–H groups in total. The Balaban J connectivity index is -0.000000723. The van der Waals surface area contributed by atoms with E-state index in [0.29, 0.717) is 25.8 Å². The highest BCUT2D eigenvalue weighted by atomic mass is 16.6. The number of ether oxygens (including phenoxy) is 4. The van der Waals surface area contributed by atoms with Crippen LogP contribution in [-0.2, 0) is 33.3 Å². The van der Waals surface area contributed by atoms with Crippen molar-refractivity contribution in [3.63, 3.8) is 0 Å². The zero-order valence-corrected chi connectivity index (χ0v) is 32.3. The molecular weight excluding hydrogens is 574 g/mol. The molecule has 10 nitrogen and oxygen atoms in total. The minimum absolute atomic E-state index is 0.109. The predicted molar refractivity (Wildman–Crippen MR) is 185 cm³/mol. The fraction of sp³-hybridized carbons (Fsp3) is 0.914. The quantitative estimate of drug-likeness (QED) is 0.104. The van der Waals surface area contributed by atoms with Gasteiger partial charge in [0.05, 0.1) is 37.8 Å². The van der Waals surface area contributed by atoms with E-state index in [2.05, 4.69) is 54.2 Å². The van der Waals surface area contributed by atoms with Crippen LogP contribution in [0.3, 0.4) is 0 Å². The Labute approximate surface area is 277 Å². The van der Waals surface area contributed by atoms with Gasteiger partial charge >= 0.3 is 17.9 Å². The molecule has 0 radical (unpaired) electrons.